The van der Waals surface area contributed by atoms with E-state index in [0.29, 0.717) is 10.8 Å². The fraction of sp³-hybridized carbons (Fsp3) is 0.583. The van der Waals surface area contributed by atoms with Gasteiger partial charge in [0.25, 0.3) is 0 Å². The molecule has 1 aromatic rings. The second kappa shape index (κ2) is 5.99. The molecular formula is C12H18N2OS. The fourth-order valence-corrected chi connectivity index (χ4v) is 2.07. The first kappa shape index (κ1) is 13.2. The van der Waals surface area contributed by atoms with Crippen molar-refractivity contribution in [2.75, 3.05) is 0 Å². The lowest BCUT2D eigenvalue weighted by Gasteiger charge is -2.08. The topological polar surface area (TPSA) is 42.9 Å². The first-order chi connectivity index (χ1) is 7.54. The quantitative estimate of drug-likeness (QED) is 0.740. The van der Waals surface area contributed by atoms with Crippen LogP contribution in [0.5, 0.6) is 0 Å². The van der Waals surface area contributed by atoms with Crippen molar-refractivity contribution in [3.05, 3.63) is 23.3 Å². The van der Waals surface area contributed by atoms with Gasteiger partial charge in [0.2, 0.25) is 0 Å². The van der Waals surface area contributed by atoms with Crippen LogP contribution in [0.25, 0.3) is 0 Å². The van der Waals surface area contributed by atoms with Crippen LogP contribution in [-0.2, 0) is 5.75 Å². The third kappa shape index (κ3) is 3.59. The van der Waals surface area contributed by atoms with E-state index in [0.717, 1.165) is 23.7 Å². The summed E-state index contributed by atoms with van der Waals surface area (Å²) in [5, 5.41) is 0.622. The number of nitrogens with zero attached hydrogens (tertiary/aromatic N) is 2. The maximum Gasteiger partial charge on any atom is 0.163 e. The van der Waals surface area contributed by atoms with Gasteiger partial charge < -0.3 is 0 Å². The van der Waals surface area contributed by atoms with Crippen LogP contribution in [0.3, 0.4) is 0 Å². The van der Waals surface area contributed by atoms with Gasteiger partial charge in [0.05, 0.1) is 17.0 Å². The first-order valence-electron chi connectivity index (χ1n) is 5.49. The van der Waals surface area contributed by atoms with Crippen LogP contribution in [0, 0.1) is 6.92 Å². The van der Waals surface area contributed by atoms with Gasteiger partial charge in [0.15, 0.2) is 5.78 Å². The van der Waals surface area contributed by atoms with Gasteiger partial charge >= 0.3 is 0 Å². The Morgan fingerprint density at radius 1 is 1.56 bits per heavy atom. The van der Waals surface area contributed by atoms with Crippen LogP contribution in [-0.4, -0.2) is 21.0 Å². The highest BCUT2D eigenvalue weighted by molar-refractivity contribution is 7.99. The molecule has 16 heavy (non-hydrogen) atoms. The molecule has 0 bridgehead atoms. The number of carbonyl (C=O) groups excluding carboxylic acids is 1. The molecule has 0 saturated carbocycles. The molecule has 88 valence electrons. The summed E-state index contributed by atoms with van der Waals surface area (Å²) in [6, 6.07) is 0. The molecule has 0 amide bonds. The van der Waals surface area contributed by atoms with Crippen molar-refractivity contribution < 1.29 is 4.79 Å². The van der Waals surface area contributed by atoms with Crippen molar-refractivity contribution in [3.63, 3.8) is 0 Å². The summed E-state index contributed by atoms with van der Waals surface area (Å²) in [6.45, 7) is 7.76. The van der Waals surface area contributed by atoms with Crippen LogP contribution in [0.2, 0.25) is 0 Å². The molecule has 0 aliphatic heterocycles. The van der Waals surface area contributed by atoms with Gasteiger partial charge in [-0.1, -0.05) is 13.8 Å². The lowest BCUT2D eigenvalue weighted by atomic mass is 10.2. The van der Waals surface area contributed by atoms with E-state index in [9.17, 15) is 4.79 Å². The van der Waals surface area contributed by atoms with E-state index in [2.05, 4.69) is 23.8 Å². The van der Waals surface area contributed by atoms with Crippen LogP contribution >= 0.6 is 11.8 Å². The predicted octanol–water partition coefficient (Wildman–Crippen LogP) is 3.02. The molecule has 0 fully saturated rings. The van der Waals surface area contributed by atoms with E-state index >= 15 is 0 Å². The van der Waals surface area contributed by atoms with Crippen molar-refractivity contribution in [3.8, 4) is 0 Å². The summed E-state index contributed by atoms with van der Waals surface area (Å²) in [6.07, 6.45) is 2.78. The van der Waals surface area contributed by atoms with E-state index in [1.807, 2.05) is 18.7 Å². The van der Waals surface area contributed by atoms with Crippen molar-refractivity contribution >= 4 is 17.5 Å². The standard InChI is InChI=1S/C12H18N2OS/c1-5-8(2)16-7-12-13-6-11(10(4)15)9(3)14-12/h6,8H,5,7H2,1-4H3. The number of rotatable bonds is 5. The van der Waals surface area contributed by atoms with E-state index in [-0.39, 0.29) is 5.78 Å². The van der Waals surface area contributed by atoms with Gasteiger partial charge in [-0.05, 0) is 20.3 Å². The van der Waals surface area contributed by atoms with Crippen molar-refractivity contribution in [1.29, 1.82) is 0 Å². The van der Waals surface area contributed by atoms with E-state index in [1.54, 1.807) is 13.1 Å². The molecule has 0 aromatic carbocycles. The second-order valence-electron chi connectivity index (χ2n) is 3.87. The molecule has 0 saturated heterocycles. The molecule has 0 spiro atoms. The first-order valence-corrected chi connectivity index (χ1v) is 6.54. The molecule has 1 atom stereocenters. The Balaban J connectivity index is 2.70. The predicted molar refractivity (Wildman–Crippen MR) is 67.8 cm³/mol. The van der Waals surface area contributed by atoms with Gasteiger partial charge in [-0.3, -0.25) is 4.79 Å². The minimum Gasteiger partial charge on any atom is -0.294 e. The maximum absolute atomic E-state index is 11.2. The van der Waals surface area contributed by atoms with Gasteiger partial charge in [0.1, 0.15) is 5.82 Å². The largest absolute Gasteiger partial charge is 0.294 e. The third-order valence-corrected chi connectivity index (χ3v) is 3.81. The molecule has 0 aliphatic carbocycles. The summed E-state index contributed by atoms with van der Waals surface area (Å²) in [7, 11) is 0. The Labute approximate surface area is 101 Å². The number of aromatic nitrogens is 2. The number of ketones is 1. The van der Waals surface area contributed by atoms with E-state index in [4.69, 9.17) is 0 Å². The summed E-state index contributed by atoms with van der Waals surface area (Å²) in [5.41, 5.74) is 1.40. The minimum atomic E-state index is 0.0265. The normalized spacial score (nSPS) is 12.5. The Hall–Kier alpha value is -0.900. The Morgan fingerprint density at radius 3 is 2.75 bits per heavy atom. The Morgan fingerprint density at radius 2 is 2.25 bits per heavy atom. The number of carbonyl (C=O) groups is 1. The van der Waals surface area contributed by atoms with Crippen molar-refractivity contribution in [2.45, 2.75) is 45.1 Å². The molecule has 1 heterocycles. The highest BCUT2D eigenvalue weighted by Gasteiger charge is 2.08. The molecule has 3 nitrogen and oxygen atoms in total. The molecule has 1 unspecified atom stereocenters. The minimum absolute atomic E-state index is 0.0265. The average Bonchev–Trinajstić information content (AvgIpc) is 2.25. The van der Waals surface area contributed by atoms with Gasteiger partial charge in [-0.15, -0.1) is 0 Å². The van der Waals surface area contributed by atoms with Crippen LogP contribution in [0.1, 0.15) is 49.1 Å². The summed E-state index contributed by atoms with van der Waals surface area (Å²) < 4.78 is 0. The van der Waals surface area contributed by atoms with Gasteiger partial charge in [-0.25, -0.2) is 9.97 Å². The van der Waals surface area contributed by atoms with Crippen LogP contribution < -0.4 is 0 Å². The average molecular weight is 238 g/mol. The molecule has 1 rings (SSSR count). The zero-order chi connectivity index (χ0) is 12.1. The summed E-state index contributed by atoms with van der Waals surface area (Å²) in [5.74, 6) is 1.65. The SMILES string of the molecule is CCC(C)SCc1ncc(C(C)=O)c(C)n1. The third-order valence-electron chi connectivity index (χ3n) is 2.48. The fourth-order valence-electron chi connectivity index (χ4n) is 1.27. The molecule has 0 radical (unpaired) electrons. The lowest BCUT2D eigenvalue weighted by molar-refractivity contribution is 0.101. The molecule has 0 N–H and O–H groups in total. The van der Waals surface area contributed by atoms with Gasteiger partial charge in [0, 0.05) is 11.4 Å². The number of thioether (sulfide) groups is 1. The lowest BCUT2D eigenvalue weighted by Crippen LogP contribution is -2.04. The number of hydrogen-bond donors (Lipinski definition) is 0. The zero-order valence-electron chi connectivity index (χ0n) is 10.3. The molecule has 1 aromatic heterocycles. The maximum atomic E-state index is 11.2. The molecule has 0 aliphatic rings. The number of aryl methyl sites for hydroxylation is 1. The summed E-state index contributed by atoms with van der Waals surface area (Å²) >= 11 is 1.84. The van der Waals surface area contributed by atoms with Crippen LogP contribution in [0.4, 0.5) is 0 Å². The second-order valence-corrected chi connectivity index (χ2v) is 5.30. The number of hydrogen-bond acceptors (Lipinski definition) is 4. The zero-order valence-corrected chi connectivity index (χ0v) is 11.1. The van der Waals surface area contributed by atoms with Gasteiger partial charge in [-0.2, -0.15) is 11.8 Å². The highest BCUT2D eigenvalue weighted by atomic mass is 32.2. The highest BCUT2D eigenvalue weighted by Crippen LogP contribution is 2.18. The summed E-state index contributed by atoms with van der Waals surface area (Å²) in [4.78, 5) is 19.8. The number of Topliss-reactive ketones (excluding diaryl/α,β-unsaturated/α-hetero) is 1. The van der Waals surface area contributed by atoms with E-state index < -0.39 is 0 Å². The van der Waals surface area contributed by atoms with Crippen LogP contribution in [0.15, 0.2) is 6.20 Å². The molecular weight excluding hydrogens is 220 g/mol. The smallest absolute Gasteiger partial charge is 0.163 e. The van der Waals surface area contributed by atoms with Crippen molar-refractivity contribution in [2.24, 2.45) is 0 Å². The van der Waals surface area contributed by atoms with E-state index in [1.165, 1.54) is 0 Å². The Kier molecular flexibility index (Phi) is 4.93. The monoisotopic (exact) mass is 238 g/mol. The molecule has 4 heteroatoms. The Bertz CT molecular complexity index is 379. The van der Waals surface area contributed by atoms with Crippen molar-refractivity contribution in [1.82, 2.24) is 9.97 Å².